The fraction of sp³-hybridized carbons (Fsp3) is 0.357. The van der Waals surface area contributed by atoms with Crippen LogP contribution in [0.3, 0.4) is 0 Å². The molecule has 6 nitrogen and oxygen atoms in total. The van der Waals surface area contributed by atoms with Crippen LogP contribution < -0.4 is 5.32 Å². The van der Waals surface area contributed by atoms with Crippen LogP contribution in [-0.2, 0) is 14.3 Å². The lowest BCUT2D eigenvalue weighted by Gasteiger charge is -2.17. The number of hydrogen-bond donors (Lipinski definition) is 1. The van der Waals surface area contributed by atoms with Gasteiger partial charge in [0.1, 0.15) is 12.4 Å². The second kappa shape index (κ2) is 7.26. The van der Waals surface area contributed by atoms with E-state index in [-0.39, 0.29) is 11.8 Å². The molecule has 1 saturated heterocycles. The van der Waals surface area contributed by atoms with Crippen LogP contribution in [0, 0.1) is 5.82 Å². The number of halogens is 1. The molecular formula is C14H15FN2O4S. The van der Waals surface area contributed by atoms with Crippen LogP contribution >= 0.6 is 11.8 Å². The normalized spacial score (nSPS) is 15.5. The van der Waals surface area contributed by atoms with Crippen LogP contribution in [0.4, 0.5) is 14.9 Å². The maximum Gasteiger partial charge on any atom is 0.326 e. The summed E-state index contributed by atoms with van der Waals surface area (Å²) in [6.07, 6.45) is -1.01. The molecule has 2 rings (SSSR count). The quantitative estimate of drug-likeness (QED) is 0.836. The Balaban J connectivity index is 1.81. The average molecular weight is 326 g/mol. The molecule has 0 aliphatic carbocycles. The molecule has 8 heteroatoms. The standard InChI is InChI=1S/C14H15FN2O4S/c1-9(13(19)16-11-4-2-10(15)3-5-11)21-12(18)8-17-6-7-22-14(17)20/h2-5,9H,6-8H2,1H3,(H,16,19)/t9-/m0/s1. The third-order valence-electron chi connectivity index (χ3n) is 2.95. The highest BCUT2D eigenvalue weighted by Gasteiger charge is 2.26. The molecule has 1 atom stereocenters. The highest BCUT2D eigenvalue weighted by atomic mass is 32.2. The summed E-state index contributed by atoms with van der Waals surface area (Å²) in [4.78, 5) is 36.3. The first kappa shape index (κ1) is 16.3. The van der Waals surface area contributed by atoms with Gasteiger partial charge in [-0.2, -0.15) is 0 Å². The molecule has 0 bridgehead atoms. The van der Waals surface area contributed by atoms with E-state index in [0.29, 0.717) is 18.0 Å². The molecule has 22 heavy (non-hydrogen) atoms. The number of thioether (sulfide) groups is 1. The molecule has 1 aliphatic heterocycles. The minimum absolute atomic E-state index is 0.166. The van der Waals surface area contributed by atoms with E-state index in [4.69, 9.17) is 4.74 Å². The molecule has 1 aromatic carbocycles. The smallest absolute Gasteiger partial charge is 0.326 e. The molecule has 1 fully saturated rings. The molecule has 2 amide bonds. The molecule has 1 aromatic rings. The fourth-order valence-electron chi connectivity index (χ4n) is 1.79. The molecule has 0 saturated carbocycles. The van der Waals surface area contributed by atoms with Gasteiger partial charge >= 0.3 is 5.97 Å². The zero-order chi connectivity index (χ0) is 16.1. The van der Waals surface area contributed by atoms with Gasteiger partial charge in [0.05, 0.1) is 0 Å². The van der Waals surface area contributed by atoms with Gasteiger partial charge < -0.3 is 15.0 Å². The first-order chi connectivity index (χ1) is 10.5. The van der Waals surface area contributed by atoms with Gasteiger partial charge in [0.25, 0.3) is 11.1 Å². The molecule has 1 aliphatic rings. The topological polar surface area (TPSA) is 75.7 Å². The highest BCUT2D eigenvalue weighted by molar-refractivity contribution is 8.13. The Morgan fingerprint density at radius 1 is 1.41 bits per heavy atom. The van der Waals surface area contributed by atoms with Crippen LogP contribution in [0.5, 0.6) is 0 Å². The van der Waals surface area contributed by atoms with Crippen molar-refractivity contribution in [3.8, 4) is 0 Å². The largest absolute Gasteiger partial charge is 0.451 e. The Labute approximate surface area is 131 Å². The number of carbonyl (C=O) groups excluding carboxylic acids is 3. The molecule has 0 unspecified atom stereocenters. The maximum atomic E-state index is 12.8. The first-order valence-corrected chi connectivity index (χ1v) is 7.62. The number of benzene rings is 1. The Kier molecular flexibility index (Phi) is 5.37. The van der Waals surface area contributed by atoms with Crippen molar-refractivity contribution < 1.29 is 23.5 Å². The number of esters is 1. The van der Waals surface area contributed by atoms with Gasteiger partial charge in [0.15, 0.2) is 6.10 Å². The third kappa shape index (κ3) is 4.45. The van der Waals surface area contributed by atoms with E-state index >= 15 is 0 Å². The maximum absolute atomic E-state index is 12.8. The number of carbonyl (C=O) groups is 3. The highest BCUT2D eigenvalue weighted by Crippen LogP contribution is 2.17. The SMILES string of the molecule is C[C@H](OC(=O)CN1CCSC1=O)C(=O)Nc1ccc(F)cc1. The summed E-state index contributed by atoms with van der Waals surface area (Å²) in [7, 11) is 0. The molecular weight excluding hydrogens is 311 g/mol. The number of amides is 2. The number of hydrogen-bond acceptors (Lipinski definition) is 5. The van der Waals surface area contributed by atoms with E-state index in [1.807, 2.05) is 0 Å². The monoisotopic (exact) mass is 326 g/mol. The van der Waals surface area contributed by atoms with Crippen LogP contribution in [-0.4, -0.2) is 47.0 Å². The van der Waals surface area contributed by atoms with Crippen molar-refractivity contribution >= 4 is 34.6 Å². The van der Waals surface area contributed by atoms with Crippen LogP contribution in [0.15, 0.2) is 24.3 Å². The van der Waals surface area contributed by atoms with E-state index in [0.717, 1.165) is 11.8 Å². The van der Waals surface area contributed by atoms with Crippen molar-refractivity contribution in [3.05, 3.63) is 30.1 Å². The second-order valence-electron chi connectivity index (χ2n) is 4.66. The summed E-state index contributed by atoms with van der Waals surface area (Å²) in [5.41, 5.74) is 0.403. The number of nitrogens with zero attached hydrogens (tertiary/aromatic N) is 1. The zero-order valence-corrected chi connectivity index (χ0v) is 12.7. The zero-order valence-electron chi connectivity index (χ0n) is 11.9. The fourth-order valence-corrected chi connectivity index (χ4v) is 2.61. The lowest BCUT2D eigenvalue weighted by molar-refractivity contribution is -0.153. The number of rotatable bonds is 5. The third-order valence-corrected chi connectivity index (χ3v) is 3.85. The number of ether oxygens (including phenoxy) is 1. The van der Waals surface area contributed by atoms with Crippen molar-refractivity contribution in [1.82, 2.24) is 4.90 Å². The van der Waals surface area contributed by atoms with Gasteiger partial charge in [0, 0.05) is 18.0 Å². The predicted octanol–water partition coefficient (Wildman–Crippen LogP) is 1.86. The summed E-state index contributed by atoms with van der Waals surface area (Å²) in [5.74, 6) is -0.933. The minimum atomic E-state index is -1.01. The minimum Gasteiger partial charge on any atom is -0.451 e. The van der Waals surface area contributed by atoms with Crippen molar-refractivity contribution in [2.45, 2.75) is 13.0 Å². The predicted molar refractivity (Wildman–Crippen MR) is 80.0 cm³/mol. The molecule has 0 radical (unpaired) electrons. The lowest BCUT2D eigenvalue weighted by atomic mass is 10.3. The lowest BCUT2D eigenvalue weighted by Crippen LogP contribution is -2.36. The van der Waals surface area contributed by atoms with Gasteiger partial charge in [-0.3, -0.25) is 14.4 Å². The van der Waals surface area contributed by atoms with Crippen LogP contribution in [0.25, 0.3) is 0 Å². The van der Waals surface area contributed by atoms with E-state index in [1.165, 1.54) is 36.1 Å². The summed E-state index contributed by atoms with van der Waals surface area (Å²) in [6, 6.07) is 5.23. The molecule has 1 N–H and O–H groups in total. The Bertz CT molecular complexity index is 579. The second-order valence-corrected chi connectivity index (χ2v) is 5.71. The number of anilines is 1. The van der Waals surface area contributed by atoms with E-state index < -0.39 is 23.8 Å². The van der Waals surface area contributed by atoms with E-state index in [2.05, 4.69) is 5.32 Å². The van der Waals surface area contributed by atoms with Crippen molar-refractivity contribution in [1.29, 1.82) is 0 Å². The summed E-state index contributed by atoms with van der Waals surface area (Å²) in [6.45, 7) is 1.76. The molecule has 0 aromatic heterocycles. The van der Waals surface area contributed by atoms with Gasteiger partial charge in [-0.05, 0) is 31.2 Å². The van der Waals surface area contributed by atoms with Crippen LogP contribution in [0.1, 0.15) is 6.92 Å². The average Bonchev–Trinajstić information content (AvgIpc) is 2.86. The Hall–Kier alpha value is -2.09. The van der Waals surface area contributed by atoms with Crippen molar-refractivity contribution in [3.63, 3.8) is 0 Å². The summed E-state index contributed by atoms with van der Waals surface area (Å²) >= 11 is 1.14. The first-order valence-electron chi connectivity index (χ1n) is 6.63. The summed E-state index contributed by atoms with van der Waals surface area (Å²) in [5, 5.41) is 2.34. The summed E-state index contributed by atoms with van der Waals surface area (Å²) < 4.78 is 17.8. The van der Waals surface area contributed by atoms with Gasteiger partial charge in [-0.25, -0.2) is 4.39 Å². The molecule has 118 valence electrons. The Morgan fingerprint density at radius 2 is 2.09 bits per heavy atom. The van der Waals surface area contributed by atoms with Gasteiger partial charge in [0.2, 0.25) is 0 Å². The number of nitrogens with one attached hydrogen (secondary N) is 1. The van der Waals surface area contributed by atoms with Gasteiger partial charge in [-0.1, -0.05) is 11.8 Å². The van der Waals surface area contributed by atoms with Gasteiger partial charge in [-0.15, -0.1) is 0 Å². The Morgan fingerprint density at radius 3 is 2.68 bits per heavy atom. The molecule has 0 spiro atoms. The van der Waals surface area contributed by atoms with Crippen molar-refractivity contribution in [2.75, 3.05) is 24.2 Å². The molecule has 1 heterocycles. The van der Waals surface area contributed by atoms with E-state index in [1.54, 1.807) is 0 Å². The van der Waals surface area contributed by atoms with E-state index in [9.17, 15) is 18.8 Å². The van der Waals surface area contributed by atoms with Crippen molar-refractivity contribution in [2.24, 2.45) is 0 Å². The van der Waals surface area contributed by atoms with Crippen LogP contribution in [0.2, 0.25) is 0 Å².